The van der Waals surface area contributed by atoms with Gasteiger partial charge in [-0.1, -0.05) is 12.1 Å². The molecule has 0 aromatic heterocycles. The molecule has 0 aliphatic carbocycles. The fourth-order valence-corrected chi connectivity index (χ4v) is 2.89. The summed E-state index contributed by atoms with van der Waals surface area (Å²) in [5, 5.41) is 6.45. The third-order valence-corrected chi connectivity index (χ3v) is 4.81. The number of rotatable bonds is 4. The Morgan fingerprint density at radius 1 is 1.56 bits per heavy atom. The molecule has 1 aromatic carbocycles. The average molecular weight is 358 g/mol. The molecule has 1 saturated heterocycles. The number of benzene rings is 1. The van der Waals surface area contributed by atoms with Crippen molar-refractivity contribution in [1.82, 2.24) is 10.6 Å². The SMILES string of the molecule is Cc1cccc(C(=O)NCCC2CCCN2)c1I. The third-order valence-electron chi connectivity index (χ3n) is 3.38. The van der Waals surface area contributed by atoms with Gasteiger partial charge in [0.2, 0.25) is 0 Å². The topological polar surface area (TPSA) is 41.1 Å². The predicted octanol–water partition coefficient (Wildman–Crippen LogP) is 2.47. The first-order valence-corrected chi connectivity index (χ1v) is 7.53. The summed E-state index contributed by atoms with van der Waals surface area (Å²) in [5.41, 5.74) is 1.94. The number of amides is 1. The number of carbonyl (C=O) groups is 1. The molecule has 1 aromatic rings. The number of aryl methyl sites for hydroxylation is 1. The molecule has 2 N–H and O–H groups in total. The molecule has 3 nitrogen and oxygen atoms in total. The quantitative estimate of drug-likeness (QED) is 0.812. The van der Waals surface area contributed by atoms with Crippen molar-refractivity contribution in [2.45, 2.75) is 32.2 Å². The molecule has 0 bridgehead atoms. The summed E-state index contributed by atoms with van der Waals surface area (Å²) >= 11 is 2.24. The second-order valence-electron chi connectivity index (χ2n) is 4.77. The number of hydrogen-bond donors (Lipinski definition) is 2. The molecule has 18 heavy (non-hydrogen) atoms. The molecule has 1 aliphatic heterocycles. The number of hydrogen-bond acceptors (Lipinski definition) is 2. The third kappa shape index (κ3) is 3.45. The highest BCUT2D eigenvalue weighted by Crippen LogP contribution is 2.16. The summed E-state index contributed by atoms with van der Waals surface area (Å²) in [7, 11) is 0. The molecule has 0 radical (unpaired) electrons. The maximum atomic E-state index is 12.1. The Labute approximate surface area is 122 Å². The lowest BCUT2D eigenvalue weighted by atomic mass is 10.1. The maximum absolute atomic E-state index is 12.1. The van der Waals surface area contributed by atoms with Gasteiger partial charge in [-0.05, 0) is 67.0 Å². The lowest BCUT2D eigenvalue weighted by Crippen LogP contribution is -2.31. The van der Waals surface area contributed by atoms with Gasteiger partial charge in [0.05, 0.1) is 5.56 Å². The van der Waals surface area contributed by atoms with Crippen LogP contribution in [0.5, 0.6) is 0 Å². The van der Waals surface area contributed by atoms with Gasteiger partial charge in [-0.25, -0.2) is 0 Å². The normalized spacial score (nSPS) is 18.9. The van der Waals surface area contributed by atoms with E-state index < -0.39 is 0 Å². The summed E-state index contributed by atoms with van der Waals surface area (Å²) in [4.78, 5) is 12.1. The van der Waals surface area contributed by atoms with E-state index in [1.165, 1.54) is 12.8 Å². The zero-order chi connectivity index (χ0) is 13.0. The van der Waals surface area contributed by atoms with Gasteiger partial charge >= 0.3 is 0 Å². The Balaban J connectivity index is 1.85. The van der Waals surface area contributed by atoms with Crippen LogP contribution >= 0.6 is 22.6 Å². The largest absolute Gasteiger partial charge is 0.352 e. The molecule has 4 heteroatoms. The molecular formula is C14H19IN2O. The lowest BCUT2D eigenvalue weighted by Gasteiger charge is -2.12. The van der Waals surface area contributed by atoms with E-state index in [2.05, 4.69) is 33.2 Å². The minimum Gasteiger partial charge on any atom is -0.352 e. The van der Waals surface area contributed by atoms with Crippen LogP contribution in [0.25, 0.3) is 0 Å². The Morgan fingerprint density at radius 2 is 2.39 bits per heavy atom. The van der Waals surface area contributed by atoms with Crippen molar-refractivity contribution in [2.24, 2.45) is 0 Å². The first kappa shape index (κ1) is 13.8. The van der Waals surface area contributed by atoms with Crippen LogP contribution < -0.4 is 10.6 Å². The highest BCUT2D eigenvalue weighted by atomic mass is 127. The Kier molecular flexibility index (Phi) is 5.00. The van der Waals surface area contributed by atoms with Crippen molar-refractivity contribution in [3.63, 3.8) is 0 Å². The maximum Gasteiger partial charge on any atom is 0.252 e. The van der Waals surface area contributed by atoms with E-state index in [-0.39, 0.29) is 5.91 Å². The van der Waals surface area contributed by atoms with Crippen LogP contribution in [-0.2, 0) is 0 Å². The molecule has 2 rings (SSSR count). The first-order chi connectivity index (χ1) is 8.68. The molecule has 98 valence electrons. The highest BCUT2D eigenvalue weighted by Gasteiger charge is 2.15. The van der Waals surface area contributed by atoms with Crippen molar-refractivity contribution in [3.8, 4) is 0 Å². The Morgan fingerprint density at radius 3 is 3.11 bits per heavy atom. The minimum atomic E-state index is 0.0427. The summed E-state index contributed by atoms with van der Waals surface area (Å²) in [5.74, 6) is 0.0427. The zero-order valence-electron chi connectivity index (χ0n) is 10.6. The van der Waals surface area contributed by atoms with Crippen molar-refractivity contribution in [3.05, 3.63) is 32.9 Å². The van der Waals surface area contributed by atoms with E-state index >= 15 is 0 Å². The van der Waals surface area contributed by atoms with Crippen LogP contribution in [0.15, 0.2) is 18.2 Å². The summed E-state index contributed by atoms with van der Waals surface area (Å²) in [6.45, 7) is 3.90. The van der Waals surface area contributed by atoms with E-state index in [0.717, 1.165) is 34.2 Å². The van der Waals surface area contributed by atoms with Gasteiger partial charge in [0.25, 0.3) is 5.91 Å². The zero-order valence-corrected chi connectivity index (χ0v) is 12.8. The molecule has 1 amide bonds. The van der Waals surface area contributed by atoms with Crippen LogP contribution in [0.1, 0.15) is 35.2 Å². The predicted molar refractivity (Wildman–Crippen MR) is 81.9 cm³/mol. The van der Waals surface area contributed by atoms with Crippen LogP contribution in [-0.4, -0.2) is 25.0 Å². The molecular weight excluding hydrogens is 339 g/mol. The average Bonchev–Trinajstić information content (AvgIpc) is 2.85. The second kappa shape index (κ2) is 6.52. The molecule has 0 spiro atoms. The molecule has 1 atom stereocenters. The summed E-state index contributed by atoms with van der Waals surface area (Å²) < 4.78 is 1.05. The number of halogens is 1. The summed E-state index contributed by atoms with van der Waals surface area (Å²) in [6.07, 6.45) is 3.51. The van der Waals surface area contributed by atoms with Gasteiger partial charge < -0.3 is 10.6 Å². The molecule has 1 aliphatic rings. The van der Waals surface area contributed by atoms with Crippen molar-refractivity contribution < 1.29 is 4.79 Å². The van der Waals surface area contributed by atoms with E-state index in [9.17, 15) is 4.79 Å². The molecule has 1 fully saturated rings. The highest BCUT2D eigenvalue weighted by molar-refractivity contribution is 14.1. The van der Waals surface area contributed by atoms with Crippen molar-refractivity contribution >= 4 is 28.5 Å². The van der Waals surface area contributed by atoms with Gasteiger partial charge in [0.1, 0.15) is 0 Å². The van der Waals surface area contributed by atoms with E-state index in [1.807, 2.05) is 25.1 Å². The number of carbonyl (C=O) groups excluding carboxylic acids is 1. The monoisotopic (exact) mass is 358 g/mol. The van der Waals surface area contributed by atoms with Crippen LogP contribution in [0.2, 0.25) is 0 Å². The van der Waals surface area contributed by atoms with Crippen molar-refractivity contribution in [2.75, 3.05) is 13.1 Å². The van der Waals surface area contributed by atoms with Gasteiger partial charge in [-0.15, -0.1) is 0 Å². The minimum absolute atomic E-state index is 0.0427. The van der Waals surface area contributed by atoms with E-state index in [4.69, 9.17) is 0 Å². The van der Waals surface area contributed by atoms with Crippen LogP contribution in [0, 0.1) is 10.5 Å². The second-order valence-corrected chi connectivity index (χ2v) is 5.85. The fraction of sp³-hybridized carbons (Fsp3) is 0.500. The molecule has 1 unspecified atom stereocenters. The Bertz CT molecular complexity index is 428. The van der Waals surface area contributed by atoms with Gasteiger partial charge in [0.15, 0.2) is 0 Å². The van der Waals surface area contributed by atoms with Gasteiger partial charge in [-0.3, -0.25) is 4.79 Å². The molecule has 1 heterocycles. The van der Waals surface area contributed by atoms with E-state index in [0.29, 0.717) is 6.04 Å². The van der Waals surface area contributed by atoms with Crippen LogP contribution in [0.4, 0.5) is 0 Å². The fourth-order valence-electron chi connectivity index (χ4n) is 2.28. The smallest absolute Gasteiger partial charge is 0.252 e. The lowest BCUT2D eigenvalue weighted by molar-refractivity contribution is 0.0951. The van der Waals surface area contributed by atoms with Crippen molar-refractivity contribution in [1.29, 1.82) is 0 Å². The van der Waals surface area contributed by atoms with Gasteiger partial charge in [0, 0.05) is 16.2 Å². The number of nitrogens with one attached hydrogen (secondary N) is 2. The first-order valence-electron chi connectivity index (χ1n) is 6.45. The van der Waals surface area contributed by atoms with Crippen LogP contribution in [0.3, 0.4) is 0 Å². The standard InChI is InChI=1S/C14H19IN2O/c1-10-4-2-6-12(13(10)15)14(18)17-9-7-11-5-3-8-16-11/h2,4,6,11,16H,3,5,7-9H2,1H3,(H,17,18). The molecule has 0 saturated carbocycles. The van der Waals surface area contributed by atoms with Gasteiger partial charge in [-0.2, -0.15) is 0 Å². The summed E-state index contributed by atoms with van der Waals surface area (Å²) in [6, 6.07) is 6.44. The van der Waals surface area contributed by atoms with E-state index in [1.54, 1.807) is 0 Å². The Hall–Kier alpha value is -0.620.